The molecular formula is C28H28N4O4. The van der Waals surface area contributed by atoms with Gasteiger partial charge in [0.1, 0.15) is 12.1 Å². The maximum atomic E-state index is 13.3. The lowest BCUT2D eigenvalue weighted by atomic mass is 9.93. The van der Waals surface area contributed by atoms with Crippen LogP contribution in [0.15, 0.2) is 60.3 Å². The first-order valence-corrected chi connectivity index (χ1v) is 12.3. The summed E-state index contributed by atoms with van der Waals surface area (Å²) >= 11 is 0. The van der Waals surface area contributed by atoms with Crippen molar-refractivity contribution in [3.63, 3.8) is 0 Å². The van der Waals surface area contributed by atoms with Crippen molar-refractivity contribution < 1.29 is 19.2 Å². The van der Waals surface area contributed by atoms with Crippen molar-refractivity contribution >= 4 is 46.4 Å². The van der Waals surface area contributed by atoms with Crippen molar-refractivity contribution in [2.24, 2.45) is 0 Å². The number of hydrogen-bond acceptors (Lipinski definition) is 4. The van der Waals surface area contributed by atoms with Crippen LogP contribution in [0.3, 0.4) is 0 Å². The van der Waals surface area contributed by atoms with Crippen molar-refractivity contribution in [1.82, 2.24) is 14.8 Å². The van der Waals surface area contributed by atoms with Crippen molar-refractivity contribution in [2.45, 2.75) is 51.6 Å². The summed E-state index contributed by atoms with van der Waals surface area (Å²) in [6.07, 6.45) is 7.76. The summed E-state index contributed by atoms with van der Waals surface area (Å²) in [6.45, 7) is 2.02. The molecule has 8 heteroatoms. The molecule has 1 saturated carbocycles. The van der Waals surface area contributed by atoms with Gasteiger partial charge in [-0.1, -0.05) is 49.6 Å². The summed E-state index contributed by atoms with van der Waals surface area (Å²) in [5.41, 5.74) is 3.12. The standard InChI is InChI=1S/C28H28N4O4/c1-18-8-7-9-20(14-18)29-25(33)17-31-16-19(22-12-5-6-13-24(22)31)15-23-26(34)30-28(36)32(27(23)35)21-10-3-2-4-11-21/h5-9,12-16,21H,2-4,10-11,17H2,1H3,(H,29,33)(H,30,34,36). The van der Waals surface area contributed by atoms with Gasteiger partial charge in [-0.15, -0.1) is 0 Å². The Kier molecular flexibility index (Phi) is 6.41. The molecule has 0 unspecified atom stereocenters. The molecule has 0 radical (unpaired) electrons. The smallest absolute Gasteiger partial charge is 0.331 e. The average molecular weight is 485 g/mol. The number of fused-ring (bicyclic) bond motifs is 1. The van der Waals surface area contributed by atoms with Gasteiger partial charge in [-0.25, -0.2) is 4.79 Å². The summed E-state index contributed by atoms with van der Waals surface area (Å²) in [5, 5.41) is 6.05. The molecule has 1 aliphatic carbocycles. The molecule has 2 aromatic carbocycles. The zero-order valence-electron chi connectivity index (χ0n) is 20.1. The van der Waals surface area contributed by atoms with Gasteiger partial charge in [0, 0.05) is 34.4 Å². The number of imide groups is 2. The van der Waals surface area contributed by atoms with Gasteiger partial charge in [0.25, 0.3) is 11.8 Å². The zero-order valence-corrected chi connectivity index (χ0v) is 20.1. The first kappa shape index (κ1) is 23.5. The van der Waals surface area contributed by atoms with Crippen molar-refractivity contribution in [3.05, 3.63) is 71.4 Å². The minimum Gasteiger partial charge on any atom is -0.337 e. The molecule has 2 aliphatic rings. The summed E-state index contributed by atoms with van der Waals surface area (Å²) in [4.78, 5) is 52.5. The first-order valence-electron chi connectivity index (χ1n) is 12.3. The summed E-state index contributed by atoms with van der Waals surface area (Å²) in [7, 11) is 0. The van der Waals surface area contributed by atoms with Gasteiger partial charge in [-0.3, -0.25) is 24.6 Å². The second-order valence-electron chi connectivity index (χ2n) is 9.43. The highest BCUT2D eigenvalue weighted by atomic mass is 16.2. The molecular weight excluding hydrogens is 456 g/mol. The molecule has 2 N–H and O–H groups in total. The van der Waals surface area contributed by atoms with Crippen LogP contribution in [0.1, 0.15) is 43.2 Å². The van der Waals surface area contributed by atoms with Crippen LogP contribution < -0.4 is 10.6 Å². The molecule has 1 aliphatic heterocycles. The number of aromatic nitrogens is 1. The molecule has 2 fully saturated rings. The third kappa shape index (κ3) is 4.66. The van der Waals surface area contributed by atoms with Crippen molar-refractivity contribution in [1.29, 1.82) is 0 Å². The minimum atomic E-state index is -0.703. The van der Waals surface area contributed by atoms with E-state index in [0.717, 1.165) is 54.3 Å². The number of hydrogen-bond donors (Lipinski definition) is 2. The van der Waals surface area contributed by atoms with Crippen LogP contribution in [0.4, 0.5) is 10.5 Å². The maximum Gasteiger partial charge on any atom is 0.331 e. The fourth-order valence-corrected chi connectivity index (χ4v) is 5.10. The van der Waals surface area contributed by atoms with Crippen LogP contribution in [-0.2, 0) is 20.9 Å². The van der Waals surface area contributed by atoms with Crippen LogP contribution >= 0.6 is 0 Å². The third-order valence-electron chi connectivity index (χ3n) is 6.81. The number of nitrogens with one attached hydrogen (secondary N) is 2. The monoisotopic (exact) mass is 484 g/mol. The Labute approximate surface area is 209 Å². The van der Waals surface area contributed by atoms with E-state index in [1.165, 1.54) is 11.0 Å². The number of para-hydroxylation sites is 1. The van der Waals surface area contributed by atoms with Gasteiger partial charge >= 0.3 is 6.03 Å². The number of nitrogens with zero attached hydrogens (tertiary/aromatic N) is 2. The van der Waals surface area contributed by atoms with E-state index in [-0.39, 0.29) is 24.1 Å². The lowest BCUT2D eigenvalue weighted by molar-refractivity contribution is -0.132. The molecule has 1 saturated heterocycles. The number of anilines is 1. The lowest BCUT2D eigenvalue weighted by Gasteiger charge is -2.35. The highest BCUT2D eigenvalue weighted by Gasteiger charge is 2.40. The van der Waals surface area contributed by atoms with Crippen LogP contribution in [0.5, 0.6) is 0 Å². The Balaban J connectivity index is 1.45. The Hall–Kier alpha value is -4.20. The molecule has 5 amide bonds. The predicted octanol–water partition coefficient (Wildman–Crippen LogP) is 4.38. The third-order valence-corrected chi connectivity index (χ3v) is 6.81. The van der Waals surface area contributed by atoms with Crippen LogP contribution in [0, 0.1) is 6.92 Å². The largest absolute Gasteiger partial charge is 0.337 e. The second-order valence-corrected chi connectivity index (χ2v) is 9.43. The van der Waals surface area contributed by atoms with Crippen LogP contribution in [0.2, 0.25) is 0 Å². The number of amides is 5. The van der Waals surface area contributed by atoms with Gasteiger partial charge in [-0.2, -0.15) is 0 Å². The zero-order chi connectivity index (χ0) is 25.2. The molecule has 184 valence electrons. The quantitative estimate of drug-likeness (QED) is 0.415. The normalized spacial score (nSPS) is 18.1. The summed E-state index contributed by atoms with van der Waals surface area (Å²) in [6, 6.07) is 14.2. The SMILES string of the molecule is Cc1cccc(NC(=O)Cn2cc(C=C3C(=O)NC(=O)N(C4CCCCC4)C3=O)c3ccccc32)c1. The molecule has 3 aromatic rings. The van der Waals surface area contributed by atoms with E-state index >= 15 is 0 Å². The van der Waals surface area contributed by atoms with Crippen LogP contribution in [0.25, 0.3) is 17.0 Å². The van der Waals surface area contributed by atoms with E-state index in [0.29, 0.717) is 5.56 Å². The number of carbonyl (C=O) groups excluding carboxylic acids is 4. The van der Waals surface area contributed by atoms with E-state index in [1.54, 1.807) is 10.8 Å². The summed E-state index contributed by atoms with van der Waals surface area (Å²) in [5.74, 6) is -1.46. The van der Waals surface area contributed by atoms with Gasteiger partial charge in [0.15, 0.2) is 0 Å². The molecule has 5 rings (SSSR count). The molecule has 8 nitrogen and oxygen atoms in total. The van der Waals surface area contributed by atoms with Gasteiger partial charge < -0.3 is 9.88 Å². The second kappa shape index (κ2) is 9.81. The van der Waals surface area contributed by atoms with E-state index in [1.807, 2.05) is 55.5 Å². The first-order chi connectivity index (χ1) is 17.4. The van der Waals surface area contributed by atoms with E-state index in [4.69, 9.17) is 0 Å². The topological polar surface area (TPSA) is 101 Å². The number of barbiturate groups is 1. The van der Waals surface area contributed by atoms with Crippen molar-refractivity contribution in [3.8, 4) is 0 Å². The van der Waals surface area contributed by atoms with Crippen LogP contribution in [-0.4, -0.2) is 39.3 Å². The van der Waals surface area contributed by atoms with E-state index in [2.05, 4.69) is 10.6 Å². The fourth-order valence-electron chi connectivity index (χ4n) is 5.10. The maximum absolute atomic E-state index is 13.3. The van der Waals surface area contributed by atoms with E-state index in [9.17, 15) is 19.2 Å². The molecule has 0 bridgehead atoms. The van der Waals surface area contributed by atoms with Gasteiger partial charge in [0.2, 0.25) is 5.91 Å². The average Bonchev–Trinajstić information content (AvgIpc) is 3.19. The number of benzene rings is 2. The molecule has 0 atom stereocenters. The Morgan fingerprint density at radius 3 is 2.61 bits per heavy atom. The van der Waals surface area contributed by atoms with E-state index < -0.39 is 17.8 Å². The molecule has 1 aromatic heterocycles. The fraction of sp³-hybridized carbons (Fsp3) is 0.286. The number of carbonyl (C=O) groups is 4. The number of urea groups is 1. The lowest BCUT2D eigenvalue weighted by Crippen LogP contribution is -2.58. The molecule has 2 heterocycles. The Bertz CT molecular complexity index is 1400. The van der Waals surface area contributed by atoms with Gasteiger partial charge in [-0.05, 0) is 49.6 Å². The predicted molar refractivity (Wildman–Crippen MR) is 137 cm³/mol. The van der Waals surface area contributed by atoms with Gasteiger partial charge in [0.05, 0.1) is 0 Å². The number of rotatable bonds is 5. The van der Waals surface area contributed by atoms with Crippen molar-refractivity contribution in [2.75, 3.05) is 5.32 Å². The number of aryl methyl sites for hydroxylation is 1. The highest BCUT2D eigenvalue weighted by molar-refractivity contribution is 6.31. The highest BCUT2D eigenvalue weighted by Crippen LogP contribution is 2.28. The minimum absolute atomic E-state index is 0.0600. The Morgan fingerprint density at radius 2 is 1.83 bits per heavy atom. The summed E-state index contributed by atoms with van der Waals surface area (Å²) < 4.78 is 1.79. The molecule has 0 spiro atoms. The Morgan fingerprint density at radius 1 is 1.06 bits per heavy atom. The molecule has 36 heavy (non-hydrogen) atoms.